The maximum absolute atomic E-state index is 11.4. The summed E-state index contributed by atoms with van der Waals surface area (Å²) in [6.07, 6.45) is 0. The standard InChI is InChI=1S/C10H8ClN3O3/c1-6-9(12-15)10(14(17)13(6)16)7-2-4-8(11)5-3-7/h2-5,17H,1H3. The van der Waals surface area contributed by atoms with E-state index in [1.165, 1.54) is 6.92 Å². The minimum atomic E-state index is -0.0928. The third-order valence-corrected chi connectivity index (χ3v) is 2.69. The average Bonchev–Trinajstić information content (AvgIpc) is 2.54. The fourth-order valence-electron chi connectivity index (χ4n) is 1.56. The molecule has 1 heterocycles. The predicted molar refractivity (Wildman–Crippen MR) is 61.2 cm³/mol. The Kier molecular flexibility index (Phi) is 2.72. The van der Waals surface area contributed by atoms with Crippen LogP contribution in [0.2, 0.25) is 5.02 Å². The highest BCUT2D eigenvalue weighted by Crippen LogP contribution is 2.31. The molecule has 6 nitrogen and oxygen atoms in total. The number of benzene rings is 1. The molecule has 2 aromatic rings. The van der Waals surface area contributed by atoms with Gasteiger partial charge in [0.25, 0.3) is 5.69 Å². The van der Waals surface area contributed by atoms with Crippen LogP contribution in [-0.4, -0.2) is 10.1 Å². The summed E-state index contributed by atoms with van der Waals surface area (Å²) in [7, 11) is 0. The highest BCUT2D eigenvalue weighted by Gasteiger charge is 2.26. The maximum atomic E-state index is 11.4. The Morgan fingerprint density at radius 2 is 2.00 bits per heavy atom. The summed E-state index contributed by atoms with van der Waals surface area (Å²) in [5.74, 6) is 0. The topological polar surface area (TPSA) is 81.5 Å². The summed E-state index contributed by atoms with van der Waals surface area (Å²) in [5, 5.41) is 24.3. The van der Waals surface area contributed by atoms with Gasteiger partial charge in [-0.25, -0.2) is 0 Å². The fourth-order valence-corrected chi connectivity index (χ4v) is 1.68. The van der Waals surface area contributed by atoms with Crippen molar-refractivity contribution in [2.45, 2.75) is 6.92 Å². The first-order chi connectivity index (χ1) is 8.06. The molecule has 2 rings (SSSR count). The Morgan fingerprint density at radius 1 is 1.41 bits per heavy atom. The molecule has 88 valence electrons. The Morgan fingerprint density at radius 3 is 2.53 bits per heavy atom. The molecule has 0 spiro atoms. The van der Waals surface area contributed by atoms with Gasteiger partial charge in [0, 0.05) is 22.4 Å². The van der Waals surface area contributed by atoms with E-state index in [1.54, 1.807) is 24.3 Å². The number of aromatic nitrogens is 2. The monoisotopic (exact) mass is 253 g/mol. The number of hydrogen-bond acceptors (Lipinski definition) is 4. The van der Waals surface area contributed by atoms with Crippen molar-refractivity contribution < 1.29 is 10.1 Å². The molecule has 0 amide bonds. The summed E-state index contributed by atoms with van der Waals surface area (Å²) < 4.78 is 0. The summed E-state index contributed by atoms with van der Waals surface area (Å²) in [5.41, 5.74) is 0.464. The zero-order valence-electron chi connectivity index (χ0n) is 8.79. The second-order valence-corrected chi connectivity index (χ2v) is 3.88. The van der Waals surface area contributed by atoms with Crippen LogP contribution in [0.3, 0.4) is 0 Å². The molecule has 7 heteroatoms. The van der Waals surface area contributed by atoms with Gasteiger partial charge in [-0.2, -0.15) is 0 Å². The molecular weight excluding hydrogens is 246 g/mol. The van der Waals surface area contributed by atoms with Crippen LogP contribution in [-0.2, 0) is 0 Å². The van der Waals surface area contributed by atoms with Crippen molar-refractivity contribution in [3.8, 4) is 11.3 Å². The van der Waals surface area contributed by atoms with Crippen LogP contribution < -0.4 is 4.85 Å². The molecule has 1 N–H and O–H groups in total. The number of nitroso groups, excluding NO2 is 1. The van der Waals surface area contributed by atoms with Gasteiger partial charge in [-0.05, 0) is 22.2 Å². The van der Waals surface area contributed by atoms with E-state index in [9.17, 15) is 15.3 Å². The van der Waals surface area contributed by atoms with Gasteiger partial charge in [-0.3, -0.25) is 0 Å². The normalized spacial score (nSPS) is 10.5. The molecule has 0 unspecified atom stereocenters. The second-order valence-electron chi connectivity index (χ2n) is 3.44. The lowest BCUT2D eigenvalue weighted by molar-refractivity contribution is -0.728. The molecule has 0 fully saturated rings. The molecule has 0 bridgehead atoms. The van der Waals surface area contributed by atoms with E-state index < -0.39 is 0 Å². The lowest BCUT2D eigenvalue weighted by atomic mass is 10.1. The Hall–Kier alpha value is -2.08. The molecule has 0 saturated carbocycles. The lowest BCUT2D eigenvalue weighted by Gasteiger charge is -2.00. The van der Waals surface area contributed by atoms with Crippen LogP contribution in [0, 0.1) is 17.0 Å². The maximum Gasteiger partial charge on any atom is 0.251 e. The largest absolute Gasteiger partial charge is 0.593 e. The minimum absolute atomic E-state index is 0.0347. The average molecular weight is 254 g/mol. The van der Waals surface area contributed by atoms with Crippen molar-refractivity contribution in [3.05, 3.63) is 45.1 Å². The Labute approximate surface area is 101 Å². The smallest absolute Gasteiger partial charge is 0.251 e. The quantitative estimate of drug-likeness (QED) is 0.386. The van der Waals surface area contributed by atoms with Crippen molar-refractivity contribution in [1.82, 2.24) is 4.85 Å². The Bertz CT molecular complexity index is 577. The number of hydrogen-bond donors (Lipinski definition) is 1. The highest BCUT2D eigenvalue weighted by molar-refractivity contribution is 6.30. The molecule has 0 aliphatic rings. The second kappa shape index (κ2) is 4.06. The van der Waals surface area contributed by atoms with Crippen molar-refractivity contribution in [3.63, 3.8) is 0 Å². The van der Waals surface area contributed by atoms with Crippen LogP contribution in [0.15, 0.2) is 29.4 Å². The van der Waals surface area contributed by atoms with E-state index in [0.29, 0.717) is 15.4 Å². The van der Waals surface area contributed by atoms with Crippen LogP contribution in [0.1, 0.15) is 5.69 Å². The third-order valence-electron chi connectivity index (χ3n) is 2.43. The highest BCUT2D eigenvalue weighted by atomic mass is 35.5. The van der Waals surface area contributed by atoms with E-state index in [-0.39, 0.29) is 21.9 Å². The first-order valence-corrected chi connectivity index (χ1v) is 5.07. The van der Waals surface area contributed by atoms with Crippen LogP contribution >= 0.6 is 11.6 Å². The Balaban J connectivity index is 2.70. The summed E-state index contributed by atoms with van der Waals surface area (Å²) in [4.78, 5) is 11.2. The van der Waals surface area contributed by atoms with E-state index in [2.05, 4.69) is 5.18 Å². The van der Waals surface area contributed by atoms with Crippen molar-refractivity contribution in [2.75, 3.05) is 0 Å². The van der Waals surface area contributed by atoms with Crippen molar-refractivity contribution in [1.29, 1.82) is 0 Å². The van der Waals surface area contributed by atoms with E-state index in [0.717, 1.165) is 0 Å². The molecule has 0 aliphatic carbocycles. The molecule has 0 radical (unpaired) electrons. The number of nitrogens with zero attached hydrogens (tertiary/aromatic N) is 3. The van der Waals surface area contributed by atoms with Gasteiger partial charge < -0.3 is 10.4 Å². The van der Waals surface area contributed by atoms with Gasteiger partial charge in [0.05, 0.1) is 0 Å². The third kappa shape index (κ3) is 1.72. The first kappa shape index (κ1) is 11.4. The lowest BCUT2D eigenvalue weighted by Crippen LogP contribution is -2.38. The summed E-state index contributed by atoms with van der Waals surface area (Å²) in [6.45, 7) is 1.40. The summed E-state index contributed by atoms with van der Waals surface area (Å²) >= 11 is 5.73. The molecule has 0 atom stereocenters. The molecule has 17 heavy (non-hydrogen) atoms. The van der Waals surface area contributed by atoms with Crippen molar-refractivity contribution >= 4 is 17.3 Å². The SMILES string of the molecule is Cc1c(N=O)c(-c2ccc(Cl)cc2)n(O)[n+]1[O-]. The van der Waals surface area contributed by atoms with Gasteiger partial charge in [0.15, 0.2) is 5.69 Å². The van der Waals surface area contributed by atoms with Crippen LogP contribution in [0.5, 0.6) is 0 Å². The minimum Gasteiger partial charge on any atom is -0.593 e. The summed E-state index contributed by atoms with van der Waals surface area (Å²) in [6, 6.07) is 6.34. The molecule has 0 saturated heterocycles. The van der Waals surface area contributed by atoms with Gasteiger partial charge >= 0.3 is 0 Å². The van der Waals surface area contributed by atoms with Gasteiger partial charge in [0.1, 0.15) is 0 Å². The first-order valence-electron chi connectivity index (χ1n) is 4.70. The molecule has 1 aromatic heterocycles. The van der Waals surface area contributed by atoms with Crippen molar-refractivity contribution in [2.24, 2.45) is 5.18 Å². The zero-order valence-corrected chi connectivity index (χ0v) is 9.55. The number of halogens is 1. The van der Waals surface area contributed by atoms with Crippen LogP contribution in [0.4, 0.5) is 5.69 Å². The molecule has 0 aliphatic heterocycles. The van der Waals surface area contributed by atoms with E-state index >= 15 is 0 Å². The molecule has 1 aromatic carbocycles. The fraction of sp³-hybridized carbons (Fsp3) is 0.100. The van der Waals surface area contributed by atoms with E-state index in [1.807, 2.05) is 0 Å². The predicted octanol–water partition coefficient (Wildman–Crippen LogP) is 2.39. The van der Waals surface area contributed by atoms with Gasteiger partial charge in [-0.15, -0.1) is 4.91 Å². The van der Waals surface area contributed by atoms with Gasteiger partial charge in [0.2, 0.25) is 5.69 Å². The number of rotatable bonds is 2. The zero-order chi connectivity index (χ0) is 12.6. The van der Waals surface area contributed by atoms with Crippen LogP contribution in [0.25, 0.3) is 11.3 Å². The van der Waals surface area contributed by atoms with Gasteiger partial charge in [-0.1, -0.05) is 23.7 Å². The molecular formula is C10H8ClN3O3. The van der Waals surface area contributed by atoms with E-state index in [4.69, 9.17) is 11.6 Å².